The van der Waals surface area contributed by atoms with Crippen LogP contribution in [0.1, 0.15) is 38.3 Å². The van der Waals surface area contributed by atoms with E-state index in [1.54, 1.807) is 0 Å². The Morgan fingerprint density at radius 2 is 1.77 bits per heavy atom. The van der Waals surface area contributed by atoms with Crippen LogP contribution in [0.2, 0.25) is 0 Å². The highest BCUT2D eigenvalue weighted by Gasteiger charge is 2.20. The van der Waals surface area contributed by atoms with Crippen LogP contribution >= 0.6 is 0 Å². The van der Waals surface area contributed by atoms with Crippen molar-refractivity contribution in [1.82, 2.24) is 5.32 Å². The van der Waals surface area contributed by atoms with Gasteiger partial charge in [-0.25, -0.2) is 0 Å². The molecule has 0 unspecified atom stereocenters. The van der Waals surface area contributed by atoms with Crippen molar-refractivity contribution in [1.29, 1.82) is 0 Å². The lowest BCUT2D eigenvalue weighted by atomic mass is 10.1. The first-order valence-electron chi connectivity index (χ1n) is 9.27. The molecule has 0 bridgehead atoms. The molecule has 0 fully saturated rings. The second kappa shape index (κ2) is 9.85. The Morgan fingerprint density at radius 3 is 2.38 bits per heavy atom. The van der Waals surface area contributed by atoms with E-state index >= 15 is 0 Å². The quantitative estimate of drug-likeness (QED) is 0.729. The summed E-state index contributed by atoms with van der Waals surface area (Å²) in [6.07, 6.45) is 1.08. The smallest absolute Gasteiger partial charge is 0.261 e. The summed E-state index contributed by atoms with van der Waals surface area (Å²) in [5.74, 6) is 1.44. The molecule has 4 heteroatoms. The molecule has 2 aromatic carbocycles. The molecular formula is C22H29NO3. The van der Waals surface area contributed by atoms with Crippen LogP contribution in [-0.4, -0.2) is 24.7 Å². The monoisotopic (exact) mass is 355 g/mol. The second-order valence-corrected chi connectivity index (χ2v) is 6.50. The summed E-state index contributed by atoms with van der Waals surface area (Å²) in [5, 5.41) is 2.97. The molecule has 2 rings (SSSR count). The summed E-state index contributed by atoms with van der Waals surface area (Å²) in [5.41, 5.74) is 2.33. The minimum absolute atomic E-state index is 0.109. The van der Waals surface area contributed by atoms with Gasteiger partial charge in [-0.1, -0.05) is 44.2 Å². The minimum atomic E-state index is -0.511. The number of para-hydroxylation sites is 1. The molecule has 1 N–H and O–H groups in total. The third-order valence-electron chi connectivity index (χ3n) is 4.24. The topological polar surface area (TPSA) is 47.6 Å². The van der Waals surface area contributed by atoms with Gasteiger partial charge in [-0.3, -0.25) is 4.79 Å². The zero-order chi connectivity index (χ0) is 18.9. The largest absolute Gasteiger partial charge is 0.491 e. The Morgan fingerprint density at radius 1 is 1.08 bits per heavy atom. The predicted octanol–water partition coefficient (Wildman–Crippen LogP) is 4.30. The Labute approximate surface area is 156 Å². The van der Waals surface area contributed by atoms with E-state index in [2.05, 4.69) is 12.2 Å². The molecule has 2 atom stereocenters. The molecule has 0 radical (unpaired) electrons. The van der Waals surface area contributed by atoms with E-state index in [4.69, 9.17) is 9.47 Å². The van der Waals surface area contributed by atoms with Crippen molar-refractivity contribution in [3.05, 3.63) is 59.7 Å². The molecule has 0 aliphatic heterocycles. The first-order valence-corrected chi connectivity index (χ1v) is 9.27. The Balaban J connectivity index is 1.85. The average Bonchev–Trinajstić information content (AvgIpc) is 2.65. The maximum Gasteiger partial charge on any atom is 0.261 e. The number of aryl methyl sites for hydroxylation is 2. The van der Waals surface area contributed by atoms with E-state index < -0.39 is 6.10 Å². The Kier molecular flexibility index (Phi) is 7.52. The molecule has 0 heterocycles. The molecule has 0 saturated heterocycles. The van der Waals surface area contributed by atoms with Gasteiger partial charge in [-0.15, -0.1) is 0 Å². The van der Waals surface area contributed by atoms with Crippen LogP contribution < -0.4 is 14.8 Å². The van der Waals surface area contributed by atoms with E-state index in [0.717, 1.165) is 17.7 Å². The number of ether oxygens (including phenoxy) is 2. The summed E-state index contributed by atoms with van der Waals surface area (Å²) in [4.78, 5) is 12.5. The molecule has 0 aromatic heterocycles. The fraction of sp³-hybridized carbons (Fsp3) is 0.409. The third kappa shape index (κ3) is 5.80. The van der Waals surface area contributed by atoms with Gasteiger partial charge < -0.3 is 14.8 Å². The highest BCUT2D eigenvalue weighted by atomic mass is 16.5. The third-order valence-corrected chi connectivity index (χ3v) is 4.24. The molecule has 1 amide bonds. The van der Waals surface area contributed by atoms with Gasteiger partial charge in [0, 0.05) is 0 Å². The van der Waals surface area contributed by atoms with E-state index in [1.807, 2.05) is 69.3 Å². The highest BCUT2D eigenvalue weighted by molar-refractivity contribution is 5.81. The highest BCUT2D eigenvalue weighted by Crippen LogP contribution is 2.17. The van der Waals surface area contributed by atoms with Crippen LogP contribution in [0, 0.1) is 6.92 Å². The van der Waals surface area contributed by atoms with E-state index in [0.29, 0.717) is 18.8 Å². The van der Waals surface area contributed by atoms with Crippen LogP contribution in [0.4, 0.5) is 0 Å². The number of carbonyl (C=O) groups excluding carboxylic acids is 1. The van der Waals surface area contributed by atoms with Crippen molar-refractivity contribution >= 4 is 5.91 Å². The summed E-state index contributed by atoms with van der Waals surface area (Å²) in [6.45, 7) is 8.40. The summed E-state index contributed by atoms with van der Waals surface area (Å²) in [7, 11) is 0. The van der Waals surface area contributed by atoms with E-state index in [9.17, 15) is 4.79 Å². The molecule has 0 aliphatic carbocycles. The van der Waals surface area contributed by atoms with Gasteiger partial charge in [0.25, 0.3) is 5.91 Å². The number of hydrogen-bond donors (Lipinski definition) is 1. The first kappa shape index (κ1) is 19.8. The van der Waals surface area contributed by atoms with Crippen LogP contribution in [0.3, 0.4) is 0 Å². The average molecular weight is 355 g/mol. The van der Waals surface area contributed by atoms with Crippen LogP contribution in [0.5, 0.6) is 11.5 Å². The van der Waals surface area contributed by atoms with Crippen molar-refractivity contribution in [2.75, 3.05) is 6.61 Å². The lowest BCUT2D eigenvalue weighted by molar-refractivity contribution is -0.128. The van der Waals surface area contributed by atoms with Crippen molar-refractivity contribution < 1.29 is 14.3 Å². The fourth-order valence-corrected chi connectivity index (χ4v) is 2.60. The van der Waals surface area contributed by atoms with Gasteiger partial charge in [0.1, 0.15) is 18.1 Å². The fourth-order valence-electron chi connectivity index (χ4n) is 2.60. The normalized spacial score (nSPS) is 12.9. The van der Waals surface area contributed by atoms with Crippen LogP contribution in [0.25, 0.3) is 0 Å². The summed E-state index contributed by atoms with van der Waals surface area (Å²) in [6, 6.07) is 15.6. The molecule has 2 aromatic rings. The molecule has 0 spiro atoms. The second-order valence-electron chi connectivity index (χ2n) is 6.50. The molecule has 0 aliphatic rings. The number of benzene rings is 2. The minimum Gasteiger partial charge on any atom is -0.491 e. The van der Waals surface area contributed by atoms with Crippen molar-refractivity contribution in [3.8, 4) is 11.5 Å². The summed E-state index contributed by atoms with van der Waals surface area (Å²) >= 11 is 0. The van der Waals surface area contributed by atoms with Gasteiger partial charge in [0.2, 0.25) is 0 Å². The van der Waals surface area contributed by atoms with Gasteiger partial charge in [0.05, 0.1) is 6.04 Å². The van der Waals surface area contributed by atoms with Crippen LogP contribution in [0.15, 0.2) is 48.5 Å². The maximum atomic E-state index is 12.5. The zero-order valence-electron chi connectivity index (χ0n) is 16.1. The summed E-state index contributed by atoms with van der Waals surface area (Å²) < 4.78 is 11.7. The predicted molar refractivity (Wildman–Crippen MR) is 105 cm³/mol. The van der Waals surface area contributed by atoms with Crippen molar-refractivity contribution in [2.45, 2.75) is 52.7 Å². The first-order chi connectivity index (χ1) is 12.5. The number of amides is 1. The lowest BCUT2D eigenvalue weighted by Gasteiger charge is -2.21. The zero-order valence-corrected chi connectivity index (χ0v) is 16.1. The molecule has 4 nitrogen and oxygen atoms in total. The molecule has 140 valence electrons. The molecular weight excluding hydrogens is 326 g/mol. The number of nitrogens with one attached hydrogen (secondary N) is 1. The van der Waals surface area contributed by atoms with Crippen LogP contribution in [-0.2, 0) is 11.2 Å². The molecule has 26 heavy (non-hydrogen) atoms. The number of hydrogen-bond acceptors (Lipinski definition) is 3. The van der Waals surface area contributed by atoms with Gasteiger partial charge >= 0.3 is 0 Å². The Hall–Kier alpha value is -2.49. The lowest BCUT2D eigenvalue weighted by Crippen LogP contribution is -2.44. The van der Waals surface area contributed by atoms with E-state index in [-0.39, 0.29) is 11.9 Å². The van der Waals surface area contributed by atoms with E-state index in [1.165, 1.54) is 5.56 Å². The maximum absolute atomic E-state index is 12.5. The SMILES string of the molecule is CCc1ccc(O[C@H](CC)C(=O)N[C@@H](C)COc2ccccc2C)cc1. The number of carbonyl (C=O) groups is 1. The van der Waals surface area contributed by atoms with Gasteiger partial charge in [-0.05, 0) is 56.0 Å². The standard InChI is InChI=1S/C22H29NO3/c1-5-18-11-13-19(14-12-18)26-20(6-2)22(24)23-17(4)15-25-21-10-8-7-9-16(21)3/h7-14,17,20H,5-6,15H2,1-4H3,(H,23,24)/t17-,20+/m0/s1. The van der Waals surface area contributed by atoms with Gasteiger partial charge in [0.15, 0.2) is 6.10 Å². The Bertz CT molecular complexity index is 697. The molecule has 0 saturated carbocycles. The van der Waals surface area contributed by atoms with Gasteiger partial charge in [-0.2, -0.15) is 0 Å². The number of rotatable bonds is 9. The van der Waals surface area contributed by atoms with Crippen molar-refractivity contribution in [2.24, 2.45) is 0 Å². The van der Waals surface area contributed by atoms with Crippen molar-refractivity contribution in [3.63, 3.8) is 0 Å².